The molecule has 0 spiro atoms. The fraction of sp³-hybridized carbons (Fsp3) is 0.250. The van der Waals surface area contributed by atoms with Gasteiger partial charge in [0.05, 0.1) is 30.9 Å². The molecule has 2 rings (SSSR count). The maximum atomic E-state index is 10.9. The smallest absolute Gasteiger partial charge is 0.185 e. The van der Waals surface area contributed by atoms with Crippen LogP contribution in [0.2, 0.25) is 0 Å². The van der Waals surface area contributed by atoms with Gasteiger partial charge >= 0.3 is 0 Å². The molecule has 0 aliphatic rings. The Hall–Kier alpha value is -1.69. The molecule has 0 aliphatic heterocycles. The highest BCUT2D eigenvalue weighted by atomic mass is 79.9. The Morgan fingerprint density at radius 3 is 2.78 bits per heavy atom. The van der Waals surface area contributed by atoms with Gasteiger partial charge in [0.1, 0.15) is 0 Å². The van der Waals surface area contributed by atoms with E-state index in [-0.39, 0.29) is 5.69 Å². The van der Waals surface area contributed by atoms with Crippen LogP contribution >= 0.6 is 15.9 Å². The summed E-state index contributed by atoms with van der Waals surface area (Å²) in [6.45, 7) is 2.35. The number of hydrogen-bond donors (Lipinski definition) is 1. The number of aromatic amines is 1. The third-order valence-electron chi connectivity index (χ3n) is 2.51. The summed E-state index contributed by atoms with van der Waals surface area (Å²) in [4.78, 5) is 13.6. The zero-order valence-electron chi connectivity index (χ0n) is 9.87. The van der Waals surface area contributed by atoms with E-state index in [0.717, 1.165) is 4.47 Å². The number of H-pyrrole nitrogens is 1. The Morgan fingerprint density at radius 1 is 1.50 bits per heavy atom. The number of carbonyl (C=O) groups excluding carboxylic acids is 1. The van der Waals surface area contributed by atoms with E-state index in [1.165, 1.54) is 13.2 Å². The van der Waals surface area contributed by atoms with Gasteiger partial charge in [-0.15, -0.1) is 0 Å². The van der Waals surface area contributed by atoms with Gasteiger partial charge in [0.25, 0.3) is 0 Å². The minimum Gasteiger partial charge on any atom is -0.543 e. The minimum absolute atomic E-state index is 0.00218. The normalized spacial score (nSPS) is 10.6. The van der Waals surface area contributed by atoms with E-state index in [4.69, 9.17) is 9.47 Å². The van der Waals surface area contributed by atoms with Crippen molar-refractivity contribution >= 4 is 32.8 Å². The molecule has 1 N–H and O–H groups in total. The number of ether oxygens (including phenoxy) is 2. The number of carboxylic acids is 1. The molecule has 0 atom stereocenters. The topological polar surface area (TPSA) is 74.4 Å². The summed E-state index contributed by atoms with van der Waals surface area (Å²) < 4.78 is 11.4. The first-order valence-corrected chi connectivity index (χ1v) is 6.11. The molecule has 0 aliphatic carbocycles. The molecule has 1 aromatic heterocycles. The van der Waals surface area contributed by atoms with Gasteiger partial charge in [-0.1, -0.05) is 0 Å². The predicted molar refractivity (Wildman–Crippen MR) is 68.1 cm³/mol. The van der Waals surface area contributed by atoms with Crippen molar-refractivity contribution in [3.05, 3.63) is 22.3 Å². The van der Waals surface area contributed by atoms with E-state index in [1.807, 2.05) is 6.92 Å². The Balaban J connectivity index is 2.73. The average Bonchev–Trinajstić information content (AvgIpc) is 2.75. The number of methoxy groups -OCH3 is 1. The number of aromatic carboxylic acids is 1. The quantitative estimate of drug-likeness (QED) is 0.932. The van der Waals surface area contributed by atoms with Crippen LogP contribution in [0.1, 0.15) is 17.4 Å². The van der Waals surface area contributed by atoms with Crippen LogP contribution in [0.3, 0.4) is 0 Å². The van der Waals surface area contributed by atoms with E-state index in [9.17, 15) is 9.90 Å². The van der Waals surface area contributed by atoms with Crippen molar-refractivity contribution in [2.75, 3.05) is 13.7 Å². The van der Waals surface area contributed by atoms with E-state index >= 15 is 0 Å². The van der Waals surface area contributed by atoms with Crippen LogP contribution in [0.5, 0.6) is 11.5 Å². The number of fused-ring (bicyclic) bond motifs is 1. The summed E-state index contributed by atoms with van der Waals surface area (Å²) in [7, 11) is 1.50. The highest BCUT2D eigenvalue weighted by molar-refractivity contribution is 9.10. The SMILES string of the molecule is CCOc1cc(Br)c2cc(C(=O)[O-])[nH]c2c1OC. The van der Waals surface area contributed by atoms with Gasteiger partial charge in [-0.2, -0.15) is 0 Å². The van der Waals surface area contributed by atoms with Crippen molar-refractivity contribution in [1.82, 2.24) is 4.98 Å². The van der Waals surface area contributed by atoms with Crippen molar-refractivity contribution in [2.45, 2.75) is 6.92 Å². The zero-order chi connectivity index (χ0) is 13.3. The lowest BCUT2D eigenvalue weighted by molar-refractivity contribution is -0.255. The number of halogens is 1. The number of carbonyl (C=O) groups is 1. The van der Waals surface area contributed by atoms with Crippen LogP contribution in [-0.2, 0) is 0 Å². The molecule has 2 aromatic rings. The molecular formula is C12H11BrNO4-. The molecule has 5 nitrogen and oxygen atoms in total. The number of rotatable bonds is 4. The second kappa shape index (κ2) is 4.89. The maximum absolute atomic E-state index is 10.9. The average molecular weight is 313 g/mol. The molecule has 0 radical (unpaired) electrons. The van der Waals surface area contributed by atoms with Crippen molar-refractivity contribution < 1.29 is 19.4 Å². The van der Waals surface area contributed by atoms with Gasteiger partial charge in [-0.3, -0.25) is 0 Å². The maximum Gasteiger partial charge on any atom is 0.185 e. The molecule has 0 bridgehead atoms. The Bertz CT molecular complexity index is 606. The van der Waals surface area contributed by atoms with Gasteiger partial charge in [0, 0.05) is 9.86 Å². The molecule has 0 unspecified atom stereocenters. The second-order valence-electron chi connectivity index (χ2n) is 3.58. The Kier molecular flexibility index (Phi) is 3.47. The van der Waals surface area contributed by atoms with Crippen molar-refractivity contribution in [3.63, 3.8) is 0 Å². The van der Waals surface area contributed by atoms with Crippen molar-refractivity contribution in [1.29, 1.82) is 0 Å². The standard InChI is InChI=1S/C12H12BrNO4/c1-3-18-9-5-7(13)6-4-8(12(15)16)14-10(6)11(9)17-2/h4-5,14H,3H2,1-2H3,(H,15,16)/p-1. The summed E-state index contributed by atoms with van der Waals surface area (Å²) in [6, 6.07) is 3.24. The van der Waals surface area contributed by atoms with Crippen molar-refractivity contribution in [3.8, 4) is 11.5 Å². The Labute approximate surface area is 112 Å². The van der Waals surface area contributed by atoms with E-state index in [0.29, 0.717) is 29.0 Å². The van der Waals surface area contributed by atoms with Crippen LogP contribution in [0.4, 0.5) is 0 Å². The summed E-state index contributed by atoms with van der Waals surface area (Å²) in [5.41, 5.74) is 0.562. The van der Waals surface area contributed by atoms with Crippen LogP contribution < -0.4 is 14.6 Å². The van der Waals surface area contributed by atoms with Crippen molar-refractivity contribution in [2.24, 2.45) is 0 Å². The summed E-state index contributed by atoms with van der Waals surface area (Å²) in [5, 5.41) is 11.6. The summed E-state index contributed by atoms with van der Waals surface area (Å²) in [5.74, 6) is -0.244. The first-order valence-electron chi connectivity index (χ1n) is 5.31. The minimum atomic E-state index is -1.27. The molecular weight excluding hydrogens is 302 g/mol. The number of benzene rings is 1. The molecule has 96 valence electrons. The van der Waals surface area contributed by atoms with E-state index < -0.39 is 5.97 Å². The molecule has 0 fully saturated rings. The van der Waals surface area contributed by atoms with E-state index in [1.54, 1.807) is 6.07 Å². The van der Waals surface area contributed by atoms with Crippen LogP contribution in [0.25, 0.3) is 10.9 Å². The molecule has 6 heteroatoms. The predicted octanol–water partition coefficient (Wildman–Crippen LogP) is 1.70. The zero-order valence-corrected chi connectivity index (χ0v) is 11.5. The Morgan fingerprint density at radius 2 is 2.22 bits per heavy atom. The molecule has 1 heterocycles. The number of carboxylic acid groups (broad SMARTS) is 1. The third-order valence-corrected chi connectivity index (χ3v) is 3.16. The molecule has 18 heavy (non-hydrogen) atoms. The molecule has 1 aromatic carbocycles. The fourth-order valence-electron chi connectivity index (χ4n) is 1.78. The van der Waals surface area contributed by atoms with Gasteiger partial charge in [-0.05, 0) is 35.0 Å². The number of aromatic nitrogens is 1. The van der Waals surface area contributed by atoms with E-state index in [2.05, 4.69) is 20.9 Å². The van der Waals surface area contributed by atoms with Crippen LogP contribution in [-0.4, -0.2) is 24.7 Å². The first kappa shape index (κ1) is 12.8. The number of hydrogen-bond acceptors (Lipinski definition) is 4. The summed E-state index contributed by atoms with van der Waals surface area (Å²) >= 11 is 3.37. The lowest BCUT2D eigenvalue weighted by Gasteiger charge is -2.11. The first-order chi connectivity index (χ1) is 8.58. The van der Waals surface area contributed by atoms with Gasteiger partial charge < -0.3 is 24.4 Å². The van der Waals surface area contributed by atoms with Gasteiger partial charge in [0.2, 0.25) is 0 Å². The molecule has 0 amide bonds. The van der Waals surface area contributed by atoms with Crippen LogP contribution in [0.15, 0.2) is 16.6 Å². The van der Waals surface area contributed by atoms with Crippen LogP contribution in [0, 0.1) is 0 Å². The lowest BCUT2D eigenvalue weighted by atomic mass is 10.2. The molecule has 0 saturated carbocycles. The monoisotopic (exact) mass is 312 g/mol. The van der Waals surface area contributed by atoms with Gasteiger partial charge in [0.15, 0.2) is 11.5 Å². The van der Waals surface area contributed by atoms with Gasteiger partial charge in [-0.25, -0.2) is 0 Å². The second-order valence-corrected chi connectivity index (χ2v) is 4.44. The lowest BCUT2D eigenvalue weighted by Crippen LogP contribution is -2.22. The third kappa shape index (κ3) is 2.03. The number of nitrogens with one attached hydrogen (secondary N) is 1. The summed E-state index contributed by atoms with van der Waals surface area (Å²) in [6.07, 6.45) is 0. The highest BCUT2D eigenvalue weighted by Crippen LogP contribution is 2.40. The fourth-order valence-corrected chi connectivity index (χ4v) is 2.30. The molecule has 0 saturated heterocycles. The largest absolute Gasteiger partial charge is 0.543 e. The highest BCUT2D eigenvalue weighted by Gasteiger charge is 2.15.